The second-order valence-corrected chi connectivity index (χ2v) is 9.28. The molecule has 2 aliphatic carbocycles. The summed E-state index contributed by atoms with van der Waals surface area (Å²) < 4.78 is 6.08. The lowest BCUT2D eigenvalue weighted by Crippen LogP contribution is -2.43. The molecule has 3 nitrogen and oxygen atoms in total. The lowest BCUT2D eigenvalue weighted by molar-refractivity contribution is -0.711. The molecule has 2 heterocycles. The zero-order valence-electron chi connectivity index (χ0n) is 16.0. The van der Waals surface area contributed by atoms with E-state index in [0.717, 1.165) is 0 Å². The van der Waals surface area contributed by atoms with Crippen molar-refractivity contribution in [1.29, 1.82) is 0 Å². The molecule has 3 aromatic rings. The summed E-state index contributed by atoms with van der Waals surface area (Å²) in [7, 11) is 0. The van der Waals surface area contributed by atoms with Gasteiger partial charge < -0.3 is 0 Å². The van der Waals surface area contributed by atoms with Gasteiger partial charge in [-0.3, -0.25) is 5.32 Å². The quantitative estimate of drug-likeness (QED) is 0.480. The number of halogens is 1. The van der Waals surface area contributed by atoms with Crippen molar-refractivity contribution in [3.63, 3.8) is 0 Å². The summed E-state index contributed by atoms with van der Waals surface area (Å²) in [6.45, 7) is 0. The van der Waals surface area contributed by atoms with Crippen LogP contribution in [-0.4, -0.2) is 10.4 Å². The summed E-state index contributed by atoms with van der Waals surface area (Å²) in [5, 5.41) is 6.64. The van der Waals surface area contributed by atoms with Gasteiger partial charge in [0.15, 0.2) is 11.8 Å². The number of benzene rings is 1. The Hall–Kier alpha value is -1.55. The van der Waals surface area contributed by atoms with Crippen LogP contribution in [0, 0.1) is 0 Å². The average Bonchev–Trinajstić information content (AvgIpc) is 3.08. The Kier molecular flexibility index (Phi) is 4.85. The maximum absolute atomic E-state index is 4.01. The van der Waals surface area contributed by atoms with Crippen molar-refractivity contribution in [2.24, 2.45) is 0 Å². The van der Waals surface area contributed by atoms with Gasteiger partial charge in [-0.1, -0.05) is 49.9 Å². The number of nitrogens with one attached hydrogen (secondary N) is 1. The Labute approximate surface area is 169 Å². The second-order valence-electron chi connectivity index (χ2n) is 8.42. The SMILES string of the molecule is Brc1cn2c[n+](C3CCCCC3)c(NC3CCCCC3)c2c2ccccc12. The summed E-state index contributed by atoms with van der Waals surface area (Å²) >= 11 is 3.80. The molecule has 1 aromatic carbocycles. The highest BCUT2D eigenvalue weighted by Gasteiger charge is 2.29. The number of nitrogens with zero attached hydrogens (tertiary/aromatic N) is 2. The molecule has 0 saturated heterocycles. The standard InChI is InChI=1S/C23H29BrN3/c24-21-15-26-16-27(18-11-5-2-6-12-18)23(25-17-9-3-1-4-10-17)22(26)20-14-8-7-13-19(20)21/h7-8,13-18,25H,1-6,9-12H2/q+1. The number of pyridine rings is 1. The molecule has 5 rings (SSSR count). The number of anilines is 1. The molecule has 2 aliphatic rings. The normalized spacial score (nSPS) is 19.7. The predicted octanol–water partition coefficient (Wildman–Crippen LogP) is 6.39. The van der Waals surface area contributed by atoms with Gasteiger partial charge in [0, 0.05) is 10.8 Å². The topological polar surface area (TPSA) is 20.3 Å². The van der Waals surface area contributed by atoms with E-state index < -0.39 is 0 Å². The van der Waals surface area contributed by atoms with Crippen LogP contribution in [-0.2, 0) is 0 Å². The molecule has 0 spiro atoms. The molecule has 0 aliphatic heterocycles. The highest BCUT2D eigenvalue weighted by atomic mass is 79.9. The first-order valence-corrected chi connectivity index (χ1v) is 11.5. The summed E-state index contributed by atoms with van der Waals surface area (Å²) in [6.07, 6.45) is 18.0. The zero-order chi connectivity index (χ0) is 18.2. The molecular weight excluding hydrogens is 398 g/mol. The van der Waals surface area contributed by atoms with Crippen LogP contribution in [0.5, 0.6) is 0 Å². The summed E-state index contributed by atoms with van der Waals surface area (Å²) in [5.74, 6) is 1.34. The molecular formula is C23H29BrN3+. The number of imidazole rings is 1. The third-order valence-corrected chi connectivity index (χ3v) is 7.23. The van der Waals surface area contributed by atoms with Crippen LogP contribution in [0.15, 0.2) is 41.3 Å². The smallest absolute Gasteiger partial charge is 0.262 e. The van der Waals surface area contributed by atoms with Crippen molar-refractivity contribution in [1.82, 2.24) is 4.40 Å². The van der Waals surface area contributed by atoms with Gasteiger partial charge in [0.2, 0.25) is 0 Å². The van der Waals surface area contributed by atoms with Gasteiger partial charge >= 0.3 is 0 Å². The van der Waals surface area contributed by atoms with Crippen LogP contribution in [0.25, 0.3) is 16.3 Å². The van der Waals surface area contributed by atoms with Gasteiger partial charge in [-0.2, -0.15) is 0 Å². The lowest BCUT2D eigenvalue weighted by atomic mass is 9.94. The molecule has 2 aromatic heterocycles. The summed E-state index contributed by atoms with van der Waals surface area (Å²) in [4.78, 5) is 0. The Morgan fingerprint density at radius 3 is 2.30 bits per heavy atom. The monoisotopic (exact) mass is 426 g/mol. The van der Waals surface area contributed by atoms with E-state index in [0.29, 0.717) is 12.1 Å². The number of rotatable bonds is 3. The Morgan fingerprint density at radius 2 is 1.56 bits per heavy atom. The van der Waals surface area contributed by atoms with Crippen molar-refractivity contribution in [2.45, 2.75) is 76.3 Å². The van der Waals surface area contributed by atoms with E-state index in [1.807, 2.05) is 0 Å². The second kappa shape index (κ2) is 7.46. The van der Waals surface area contributed by atoms with E-state index in [2.05, 4.69) is 67.0 Å². The van der Waals surface area contributed by atoms with Crippen LogP contribution < -0.4 is 9.88 Å². The fourth-order valence-corrected chi connectivity index (χ4v) is 5.73. The molecule has 0 atom stereocenters. The molecule has 0 radical (unpaired) electrons. The van der Waals surface area contributed by atoms with Gasteiger partial charge in [-0.05, 0) is 54.5 Å². The van der Waals surface area contributed by atoms with Crippen molar-refractivity contribution < 1.29 is 4.57 Å². The van der Waals surface area contributed by atoms with Crippen LogP contribution in [0.2, 0.25) is 0 Å². The lowest BCUT2D eigenvalue weighted by Gasteiger charge is -2.24. The first-order chi connectivity index (χ1) is 13.3. The molecule has 27 heavy (non-hydrogen) atoms. The van der Waals surface area contributed by atoms with Crippen LogP contribution in [0.1, 0.15) is 70.3 Å². The van der Waals surface area contributed by atoms with Crippen molar-refractivity contribution in [2.75, 3.05) is 5.32 Å². The predicted molar refractivity (Wildman–Crippen MR) is 115 cm³/mol. The van der Waals surface area contributed by atoms with E-state index in [1.165, 1.54) is 90.8 Å². The first kappa shape index (κ1) is 17.5. The van der Waals surface area contributed by atoms with E-state index in [-0.39, 0.29) is 0 Å². The Balaban J connectivity index is 1.69. The van der Waals surface area contributed by atoms with E-state index in [4.69, 9.17) is 0 Å². The zero-order valence-corrected chi connectivity index (χ0v) is 17.5. The highest BCUT2D eigenvalue weighted by molar-refractivity contribution is 9.10. The minimum absolute atomic E-state index is 0.613. The largest absolute Gasteiger partial charge is 0.300 e. The molecule has 0 unspecified atom stereocenters. The first-order valence-electron chi connectivity index (χ1n) is 10.7. The molecule has 4 heteroatoms. The van der Waals surface area contributed by atoms with Gasteiger partial charge in [-0.15, -0.1) is 0 Å². The average molecular weight is 427 g/mol. The fraction of sp³-hybridized carbons (Fsp3) is 0.522. The minimum atomic E-state index is 0.613. The third-order valence-electron chi connectivity index (χ3n) is 6.60. The highest BCUT2D eigenvalue weighted by Crippen LogP contribution is 2.34. The number of hydrogen-bond acceptors (Lipinski definition) is 1. The summed E-state index contributed by atoms with van der Waals surface area (Å²) in [5.41, 5.74) is 1.34. The molecule has 2 saturated carbocycles. The van der Waals surface area contributed by atoms with Crippen molar-refractivity contribution in [3.05, 3.63) is 41.3 Å². The van der Waals surface area contributed by atoms with Gasteiger partial charge in [0.05, 0.1) is 22.8 Å². The van der Waals surface area contributed by atoms with Crippen molar-refractivity contribution in [3.8, 4) is 0 Å². The van der Waals surface area contributed by atoms with Crippen LogP contribution in [0.4, 0.5) is 5.82 Å². The third kappa shape index (κ3) is 3.26. The van der Waals surface area contributed by atoms with E-state index in [9.17, 15) is 0 Å². The molecule has 142 valence electrons. The van der Waals surface area contributed by atoms with Gasteiger partial charge in [0.1, 0.15) is 0 Å². The maximum Gasteiger partial charge on any atom is 0.262 e. The van der Waals surface area contributed by atoms with Crippen LogP contribution in [0.3, 0.4) is 0 Å². The fourth-order valence-electron chi connectivity index (χ4n) is 5.17. The number of hydrogen-bond donors (Lipinski definition) is 1. The Morgan fingerprint density at radius 1 is 0.889 bits per heavy atom. The Bertz CT molecular complexity index is 949. The van der Waals surface area contributed by atoms with Gasteiger partial charge in [0.25, 0.3) is 5.82 Å². The summed E-state index contributed by atoms with van der Waals surface area (Å²) in [6, 6.07) is 10.0. The molecule has 2 fully saturated rings. The number of fused-ring (bicyclic) bond motifs is 3. The minimum Gasteiger partial charge on any atom is -0.300 e. The van der Waals surface area contributed by atoms with Crippen molar-refractivity contribution >= 4 is 38.0 Å². The van der Waals surface area contributed by atoms with E-state index >= 15 is 0 Å². The maximum atomic E-state index is 4.01. The number of aromatic nitrogens is 2. The van der Waals surface area contributed by atoms with Gasteiger partial charge in [-0.25, -0.2) is 8.97 Å². The molecule has 0 bridgehead atoms. The van der Waals surface area contributed by atoms with E-state index in [1.54, 1.807) is 0 Å². The molecule has 0 amide bonds. The molecule has 1 N–H and O–H groups in total. The van der Waals surface area contributed by atoms with Crippen LogP contribution >= 0.6 is 15.9 Å².